The predicted molar refractivity (Wildman–Crippen MR) is 87.4 cm³/mol. The number of rotatable bonds is 4. The molecule has 1 saturated carbocycles. The second kappa shape index (κ2) is 5.84. The molecule has 1 aromatic heterocycles. The molecule has 1 amide bonds. The molecule has 1 aliphatic heterocycles. The first-order valence-electron chi connectivity index (χ1n) is 8.54. The van der Waals surface area contributed by atoms with E-state index in [2.05, 4.69) is 36.3 Å². The number of benzene rings is 1. The minimum atomic E-state index is 0.0234. The Labute approximate surface area is 136 Å². The van der Waals surface area contributed by atoms with E-state index in [9.17, 15) is 4.79 Å². The molecular weight excluding hydrogens is 288 g/mol. The molecule has 1 aliphatic carbocycles. The quantitative estimate of drug-likeness (QED) is 0.865. The zero-order valence-electron chi connectivity index (χ0n) is 13.5. The van der Waals surface area contributed by atoms with Gasteiger partial charge in [0.1, 0.15) is 5.76 Å². The van der Waals surface area contributed by atoms with Crippen molar-refractivity contribution in [2.75, 3.05) is 6.54 Å². The Morgan fingerprint density at radius 1 is 1.26 bits per heavy atom. The van der Waals surface area contributed by atoms with Crippen LogP contribution in [0, 0.1) is 6.92 Å². The van der Waals surface area contributed by atoms with E-state index in [-0.39, 0.29) is 11.9 Å². The second-order valence-corrected chi connectivity index (χ2v) is 6.87. The molecule has 0 unspecified atom stereocenters. The molecule has 23 heavy (non-hydrogen) atoms. The van der Waals surface area contributed by atoms with E-state index < -0.39 is 0 Å². The van der Waals surface area contributed by atoms with Gasteiger partial charge in [-0.25, -0.2) is 0 Å². The van der Waals surface area contributed by atoms with Crippen LogP contribution in [0.2, 0.25) is 0 Å². The van der Waals surface area contributed by atoms with Crippen LogP contribution in [-0.4, -0.2) is 28.6 Å². The molecular formula is C19H22N2O2. The largest absolute Gasteiger partial charge is 0.360 e. The minimum absolute atomic E-state index is 0.0234. The first kappa shape index (κ1) is 14.5. The molecule has 1 atom stereocenters. The van der Waals surface area contributed by atoms with E-state index in [0.717, 1.165) is 44.4 Å². The summed E-state index contributed by atoms with van der Waals surface area (Å²) in [6, 6.07) is 10.7. The third kappa shape index (κ3) is 3.03. The van der Waals surface area contributed by atoms with Crippen LogP contribution in [-0.2, 0) is 6.42 Å². The number of carbonyl (C=O) groups is 1. The Morgan fingerprint density at radius 2 is 2.04 bits per heavy atom. The van der Waals surface area contributed by atoms with E-state index in [1.807, 2.05) is 11.0 Å². The van der Waals surface area contributed by atoms with Gasteiger partial charge in [0.2, 0.25) is 0 Å². The van der Waals surface area contributed by atoms with Crippen molar-refractivity contribution in [1.82, 2.24) is 10.1 Å². The lowest BCUT2D eigenvalue weighted by molar-refractivity contribution is 0.0726. The molecule has 0 N–H and O–H groups in total. The van der Waals surface area contributed by atoms with Crippen molar-refractivity contribution in [3.63, 3.8) is 0 Å². The van der Waals surface area contributed by atoms with E-state index in [1.54, 1.807) is 0 Å². The summed E-state index contributed by atoms with van der Waals surface area (Å²) < 4.78 is 5.34. The maximum Gasteiger partial charge on any atom is 0.276 e. The first-order valence-corrected chi connectivity index (χ1v) is 8.54. The number of amides is 1. The topological polar surface area (TPSA) is 46.3 Å². The fourth-order valence-electron chi connectivity index (χ4n) is 3.41. The average molecular weight is 310 g/mol. The van der Waals surface area contributed by atoms with Gasteiger partial charge in [-0.15, -0.1) is 0 Å². The molecule has 2 heterocycles. The highest BCUT2D eigenvalue weighted by Gasteiger charge is 2.33. The Bertz CT molecular complexity index is 700. The molecule has 4 heteroatoms. The van der Waals surface area contributed by atoms with Gasteiger partial charge < -0.3 is 9.42 Å². The van der Waals surface area contributed by atoms with Crippen molar-refractivity contribution >= 4 is 5.91 Å². The lowest BCUT2D eigenvalue weighted by atomic mass is 10.0. The summed E-state index contributed by atoms with van der Waals surface area (Å²) in [6.07, 6.45) is 5.35. The smallest absolute Gasteiger partial charge is 0.276 e. The Morgan fingerprint density at radius 3 is 2.78 bits per heavy atom. The number of hydrogen-bond acceptors (Lipinski definition) is 3. The third-order valence-corrected chi connectivity index (χ3v) is 4.96. The van der Waals surface area contributed by atoms with Crippen molar-refractivity contribution in [3.8, 4) is 0 Å². The van der Waals surface area contributed by atoms with Crippen LogP contribution in [0.1, 0.15) is 59.0 Å². The minimum Gasteiger partial charge on any atom is -0.360 e. The first-order chi connectivity index (χ1) is 11.2. The second-order valence-electron chi connectivity index (χ2n) is 6.87. The highest BCUT2D eigenvalue weighted by Crippen LogP contribution is 2.40. The van der Waals surface area contributed by atoms with Gasteiger partial charge >= 0.3 is 0 Å². The monoisotopic (exact) mass is 310 g/mol. The standard InChI is InChI=1S/C19H22N2O2/c1-13-4-6-14(7-5-13)11-16-3-2-10-21(16)19(22)17-12-18(23-20-17)15-8-9-15/h4-7,12,15-16H,2-3,8-11H2,1H3/t16-/m0/s1. The number of hydrogen-bond donors (Lipinski definition) is 0. The summed E-state index contributed by atoms with van der Waals surface area (Å²) >= 11 is 0. The van der Waals surface area contributed by atoms with Gasteiger partial charge in [-0.2, -0.15) is 0 Å². The summed E-state index contributed by atoms with van der Waals surface area (Å²) in [6.45, 7) is 2.91. The van der Waals surface area contributed by atoms with Crippen molar-refractivity contribution < 1.29 is 9.32 Å². The summed E-state index contributed by atoms with van der Waals surface area (Å²) in [5, 5.41) is 4.01. The fraction of sp³-hybridized carbons (Fsp3) is 0.474. The van der Waals surface area contributed by atoms with Crippen molar-refractivity contribution in [2.45, 2.75) is 51.0 Å². The molecule has 2 aliphatic rings. The molecule has 2 fully saturated rings. The van der Waals surface area contributed by atoms with Gasteiger partial charge in [0.05, 0.1) is 0 Å². The van der Waals surface area contributed by atoms with Crippen LogP contribution >= 0.6 is 0 Å². The van der Waals surface area contributed by atoms with Crippen LogP contribution < -0.4 is 0 Å². The molecule has 120 valence electrons. The maximum atomic E-state index is 12.8. The van der Waals surface area contributed by atoms with Gasteiger partial charge in [-0.3, -0.25) is 4.79 Å². The number of aryl methyl sites for hydroxylation is 1. The van der Waals surface area contributed by atoms with Gasteiger partial charge in [0.25, 0.3) is 5.91 Å². The average Bonchev–Trinajstić information content (AvgIpc) is 3.11. The van der Waals surface area contributed by atoms with Crippen molar-refractivity contribution in [1.29, 1.82) is 0 Å². The highest BCUT2D eigenvalue weighted by molar-refractivity contribution is 5.92. The van der Waals surface area contributed by atoms with Gasteiger partial charge in [0.15, 0.2) is 5.69 Å². The Hall–Kier alpha value is -2.10. The Balaban J connectivity index is 1.47. The predicted octanol–water partition coefficient (Wildman–Crippen LogP) is 3.71. The zero-order valence-corrected chi connectivity index (χ0v) is 13.5. The van der Waals surface area contributed by atoms with Crippen LogP contribution in [0.15, 0.2) is 34.9 Å². The number of nitrogens with zero attached hydrogens (tertiary/aromatic N) is 2. The van der Waals surface area contributed by atoms with Gasteiger partial charge in [0, 0.05) is 24.6 Å². The highest BCUT2D eigenvalue weighted by atomic mass is 16.5. The number of carbonyl (C=O) groups excluding carboxylic acids is 1. The molecule has 0 spiro atoms. The van der Waals surface area contributed by atoms with E-state index in [4.69, 9.17) is 4.52 Å². The molecule has 1 saturated heterocycles. The van der Waals surface area contributed by atoms with E-state index >= 15 is 0 Å². The summed E-state index contributed by atoms with van der Waals surface area (Å²) in [5.74, 6) is 1.39. The summed E-state index contributed by atoms with van der Waals surface area (Å²) in [7, 11) is 0. The van der Waals surface area contributed by atoms with Crippen molar-refractivity contribution in [3.05, 3.63) is 52.9 Å². The number of likely N-dealkylation sites (tertiary alicyclic amines) is 1. The maximum absolute atomic E-state index is 12.8. The molecule has 2 aromatic rings. The lowest BCUT2D eigenvalue weighted by Crippen LogP contribution is -2.37. The van der Waals surface area contributed by atoms with Gasteiger partial charge in [-0.1, -0.05) is 35.0 Å². The van der Waals surface area contributed by atoms with Crippen LogP contribution in [0.4, 0.5) is 0 Å². The summed E-state index contributed by atoms with van der Waals surface area (Å²) in [5.41, 5.74) is 3.03. The van der Waals surface area contributed by atoms with Gasteiger partial charge in [-0.05, 0) is 44.6 Å². The van der Waals surface area contributed by atoms with E-state index in [1.165, 1.54) is 11.1 Å². The van der Waals surface area contributed by atoms with Crippen LogP contribution in [0.3, 0.4) is 0 Å². The zero-order chi connectivity index (χ0) is 15.8. The molecule has 4 rings (SSSR count). The number of aromatic nitrogens is 1. The lowest BCUT2D eigenvalue weighted by Gasteiger charge is -2.24. The molecule has 0 bridgehead atoms. The van der Waals surface area contributed by atoms with E-state index in [0.29, 0.717) is 11.6 Å². The van der Waals surface area contributed by atoms with Crippen LogP contribution in [0.25, 0.3) is 0 Å². The molecule has 4 nitrogen and oxygen atoms in total. The molecule has 0 radical (unpaired) electrons. The normalized spacial score (nSPS) is 20.9. The van der Waals surface area contributed by atoms with Crippen LogP contribution in [0.5, 0.6) is 0 Å². The van der Waals surface area contributed by atoms with Crippen molar-refractivity contribution in [2.24, 2.45) is 0 Å². The fourth-order valence-corrected chi connectivity index (χ4v) is 3.41. The SMILES string of the molecule is Cc1ccc(C[C@@H]2CCCN2C(=O)c2cc(C3CC3)on2)cc1. The summed E-state index contributed by atoms with van der Waals surface area (Å²) in [4.78, 5) is 14.7. The third-order valence-electron chi connectivity index (χ3n) is 4.96. The molecule has 1 aromatic carbocycles. The Kier molecular flexibility index (Phi) is 3.68.